The van der Waals surface area contributed by atoms with E-state index in [1.165, 1.54) is 12.2 Å². The molecule has 0 aliphatic carbocycles. The Kier molecular flexibility index (Phi) is 1.53. The number of imidazole rings is 1. The van der Waals surface area contributed by atoms with Crippen LogP contribution in [0.3, 0.4) is 0 Å². The quantitative estimate of drug-likeness (QED) is 0.659. The summed E-state index contributed by atoms with van der Waals surface area (Å²) in [4.78, 5) is 13.0. The second kappa shape index (κ2) is 2.82. The number of amidine groups is 1. The van der Waals surface area contributed by atoms with Crippen LogP contribution in [0.25, 0.3) is 0 Å². The largest absolute Gasteiger partial charge is 0.319 e. The van der Waals surface area contributed by atoms with Crippen LogP contribution < -0.4 is 5.73 Å². The van der Waals surface area contributed by atoms with E-state index in [2.05, 4.69) is 9.98 Å². The maximum atomic E-state index is 7.56. The second-order valence-electron chi connectivity index (χ2n) is 2.73. The van der Waals surface area contributed by atoms with Gasteiger partial charge in [0.15, 0.2) is 12.0 Å². The maximum absolute atomic E-state index is 7.56. The van der Waals surface area contributed by atoms with E-state index in [0.29, 0.717) is 11.5 Å². The molecule has 70 valence electrons. The number of aliphatic imine (C=N–C) groups is 1. The fraction of sp³-hybridized carbons (Fsp3) is 0.429. The average molecular weight is 182 g/mol. The van der Waals surface area contributed by atoms with Crippen molar-refractivity contribution in [2.75, 3.05) is 7.11 Å². The van der Waals surface area contributed by atoms with Gasteiger partial charge >= 0.3 is 0 Å². The van der Waals surface area contributed by atoms with Crippen LogP contribution in [0.4, 0.5) is 5.82 Å². The standard InChI is InChI=1S/C7H11N5O/c1-11-3-9-5-6(8)12(13-2)4-10-7(5)11/h3-4,6H,8H2,1-2H3/i4D. The van der Waals surface area contributed by atoms with Crippen molar-refractivity contribution in [3.8, 4) is 0 Å². The van der Waals surface area contributed by atoms with Crippen molar-refractivity contribution in [2.45, 2.75) is 6.17 Å². The predicted octanol–water partition coefficient (Wildman–Crippen LogP) is -0.0858. The van der Waals surface area contributed by atoms with Crippen LogP contribution in [0.2, 0.25) is 0 Å². The molecule has 0 spiro atoms. The van der Waals surface area contributed by atoms with E-state index in [0.717, 1.165) is 0 Å². The van der Waals surface area contributed by atoms with E-state index >= 15 is 0 Å². The molecule has 1 atom stereocenters. The van der Waals surface area contributed by atoms with E-state index in [9.17, 15) is 0 Å². The summed E-state index contributed by atoms with van der Waals surface area (Å²) in [6, 6.07) is 0. The Hall–Kier alpha value is -1.40. The summed E-state index contributed by atoms with van der Waals surface area (Å²) in [5.74, 6) is 0.607. The van der Waals surface area contributed by atoms with Gasteiger partial charge in [-0.3, -0.25) is 4.84 Å². The minimum Gasteiger partial charge on any atom is -0.319 e. The maximum Gasteiger partial charge on any atom is 0.160 e. The number of aromatic nitrogens is 2. The lowest BCUT2D eigenvalue weighted by atomic mass is 10.3. The molecular formula is C7H11N5O. The minimum absolute atomic E-state index is 0.0175. The number of aryl methyl sites for hydroxylation is 1. The molecule has 1 aliphatic rings. The highest BCUT2D eigenvalue weighted by Gasteiger charge is 2.24. The smallest absolute Gasteiger partial charge is 0.160 e. The topological polar surface area (TPSA) is 68.7 Å². The van der Waals surface area contributed by atoms with Gasteiger partial charge in [0.1, 0.15) is 13.4 Å². The first-order chi connectivity index (χ1) is 6.65. The highest BCUT2D eigenvalue weighted by Crippen LogP contribution is 2.27. The SMILES string of the molecule is [2H]C1=Nc2c(ncn2C)C(N)N1OC. The first kappa shape index (κ1) is 7.05. The molecule has 0 saturated carbocycles. The molecule has 0 amide bonds. The van der Waals surface area contributed by atoms with Gasteiger partial charge in [-0.2, -0.15) is 0 Å². The lowest BCUT2D eigenvalue weighted by Crippen LogP contribution is -2.34. The Labute approximate surface area is 77.0 Å². The molecule has 0 saturated heterocycles. The van der Waals surface area contributed by atoms with E-state index < -0.39 is 6.17 Å². The summed E-state index contributed by atoms with van der Waals surface area (Å²) in [6.45, 7) is 0. The Morgan fingerprint density at radius 1 is 1.77 bits per heavy atom. The van der Waals surface area contributed by atoms with Gasteiger partial charge in [0.05, 0.1) is 13.4 Å². The minimum atomic E-state index is -0.568. The summed E-state index contributed by atoms with van der Waals surface area (Å²) < 4.78 is 9.27. The van der Waals surface area contributed by atoms with Crippen molar-refractivity contribution in [3.63, 3.8) is 0 Å². The zero-order chi connectivity index (χ0) is 10.3. The first-order valence-electron chi connectivity index (χ1n) is 4.30. The summed E-state index contributed by atoms with van der Waals surface area (Å²) in [6.07, 6.45) is 1.03. The Morgan fingerprint density at radius 3 is 3.23 bits per heavy atom. The normalized spacial score (nSPS) is 22.4. The molecule has 1 aromatic heterocycles. The fourth-order valence-corrected chi connectivity index (χ4v) is 1.21. The van der Waals surface area contributed by atoms with Crippen molar-refractivity contribution in [1.29, 1.82) is 0 Å². The number of nitrogens with two attached hydrogens (primary N) is 1. The van der Waals surface area contributed by atoms with Gasteiger partial charge in [-0.05, 0) is 0 Å². The van der Waals surface area contributed by atoms with Crippen molar-refractivity contribution in [2.24, 2.45) is 17.8 Å². The molecule has 6 nitrogen and oxygen atoms in total. The van der Waals surface area contributed by atoms with E-state index in [1.807, 2.05) is 0 Å². The third kappa shape index (κ3) is 1.11. The van der Waals surface area contributed by atoms with Gasteiger partial charge in [0.25, 0.3) is 0 Å². The molecule has 2 N–H and O–H groups in total. The lowest BCUT2D eigenvalue weighted by molar-refractivity contribution is -0.0942. The average Bonchev–Trinajstić information content (AvgIpc) is 2.49. The Balaban J connectivity index is 2.51. The number of rotatable bonds is 1. The lowest BCUT2D eigenvalue weighted by Gasteiger charge is -2.25. The van der Waals surface area contributed by atoms with Gasteiger partial charge in [-0.15, -0.1) is 0 Å². The third-order valence-electron chi connectivity index (χ3n) is 1.92. The molecule has 1 unspecified atom stereocenters. The zero-order valence-corrected chi connectivity index (χ0v) is 7.43. The monoisotopic (exact) mass is 182 g/mol. The molecule has 2 heterocycles. The highest BCUT2D eigenvalue weighted by molar-refractivity contribution is 5.64. The van der Waals surface area contributed by atoms with Crippen LogP contribution in [0.1, 0.15) is 13.2 Å². The number of hydrogen-bond acceptors (Lipinski definition) is 5. The number of fused-ring (bicyclic) bond motifs is 1. The number of hydrogen-bond donors (Lipinski definition) is 1. The summed E-state index contributed by atoms with van der Waals surface area (Å²) in [5.41, 5.74) is 6.45. The molecule has 0 fully saturated rings. The van der Waals surface area contributed by atoms with Gasteiger partial charge < -0.3 is 10.3 Å². The molecule has 0 radical (unpaired) electrons. The molecule has 2 rings (SSSR count). The van der Waals surface area contributed by atoms with Crippen molar-refractivity contribution < 1.29 is 6.21 Å². The first-order valence-corrected chi connectivity index (χ1v) is 3.80. The molecule has 6 heteroatoms. The van der Waals surface area contributed by atoms with E-state index in [1.54, 1.807) is 17.9 Å². The highest BCUT2D eigenvalue weighted by atomic mass is 16.7. The van der Waals surface area contributed by atoms with Crippen LogP contribution in [-0.2, 0) is 11.9 Å². The van der Waals surface area contributed by atoms with Crippen LogP contribution in [-0.4, -0.2) is 28.0 Å². The van der Waals surface area contributed by atoms with Crippen LogP contribution in [0, 0.1) is 0 Å². The second-order valence-corrected chi connectivity index (χ2v) is 2.73. The van der Waals surface area contributed by atoms with Gasteiger partial charge in [-0.1, -0.05) is 0 Å². The summed E-state index contributed by atoms with van der Waals surface area (Å²) in [5, 5.41) is 1.20. The molecule has 0 aromatic carbocycles. The van der Waals surface area contributed by atoms with Crippen LogP contribution in [0.15, 0.2) is 11.3 Å². The number of nitrogens with zero attached hydrogens (tertiary/aromatic N) is 4. The molecule has 0 bridgehead atoms. The van der Waals surface area contributed by atoms with Gasteiger partial charge in [0, 0.05) is 7.05 Å². The molecule has 1 aromatic rings. The fourth-order valence-electron chi connectivity index (χ4n) is 1.21. The molecule has 1 aliphatic heterocycles. The van der Waals surface area contributed by atoms with Crippen molar-refractivity contribution >= 4 is 12.1 Å². The Bertz CT molecular complexity index is 387. The predicted molar refractivity (Wildman–Crippen MR) is 47.1 cm³/mol. The van der Waals surface area contributed by atoms with E-state index in [-0.39, 0.29) is 6.31 Å². The van der Waals surface area contributed by atoms with Gasteiger partial charge in [-0.25, -0.2) is 15.0 Å². The van der Waals surface area contributed by atoms with Gasteiger partial charge in [0.2, 0.25) is 0 Å². The molecular weight excluding hydrogens is 170 g/mol. The Morgan fingerprint density at radius 2 is 2.54 bits per heavy atom. The van der Waals surface area contributed by atoms with Crippen molar-refractivity contribution in [1.82, 2.24) is 14.6 Å². The number of hydroxylamine groups is 2. The van der Waals surface area contributed by atoms with Crippen LogP contribution in [0.5, 0.6) is 0 Å². The van der Waals surface area contributed by atoms with E-state index in [4.69, 9.17) is 11.9 Å². The summed E-state index contributed by atoms with van der Waals surface area (Å²) >= 11 is 0. The van der Waals surface area contributed by atoms with Crippen molar-refractivity contribution in [3.05, 3.63) is 12.0 Å². The van der Waals surface area contributed by atoms with Crippen LogP contribution >= 0.6 is 0 Å². The summed E-state index contributed by atoms with van der Waals surface area (Å²) in [7, 11) is 3.25. The molecule has 13 heavy (non-hydrogen) atoms. The third-order valence-corrected chi connectivity index (χ3v) is 1.92. The zero-order valence-electron chi connectivity index (χ0n) is 8.43.